The van der Waals surface area contributed by atoms with Gasteiger partial charge in [-0.05, 0) is 55.3 Å². The first-order valence-corrected chi connectivity index (χ1v) is 11.8. The van der Waals surface area contributed by atoms with Gasteiger partial charge in [0, 0.05) is 42.7 Å². The number of imidazole rings is 1. The molecule has 0 aliphatic carbocycles. The number of halogens is 1. The Labute approximate surface area is 206 Å². The molecule has 1 unspecified atom stereocenters. The van der Waals surface area contributed by atoms with Crippen LogP contribution in [0.2, 0.25) is 0 Å². The molecule has 1 atom stereocenters. The molecule has 180 valence electrons. The van der Waals surface area contributed by atoms with Crippen molar-refractivity contribution in [3.8, 4) is 22.6 Å². The molecule has 9 heteroatoms. The smallest absolute Gasteiger partial charge is 0.306 e. The minimum Gasteiger partial charge on any atom is -0.432 e. The SMILES string of the molecule is O=C(c1ccccc1)N1CCCC(Nc2nccc(-c3c(-c4ccc(F)cc4)nc4occn34)n2)C1. The fourth-order valence-corrected chi connectivity index (χ4v) is 4.62. The molecule has 5 aromatic rings. The van der Waals surface area contributed by atoms with E-state index in [0.29, 0.717) is 35.3 Å². The summed E-state index contributed by atoms with van der Waals surface area (Å²) in [5, 5.41) is 3.41. The van der Waals surface area contributed by atoms with E-state index in [2.05, 4.69) is 15.3 Å². The number of oxazole rings is 1. The van der Waals surface area contributed by atoms with Gasteiger partial charge in [0.1, 0.15) is 23.5 Å². The zero-order chi connectivity index (χ0) is 24.5. The summed E-state index contributed by atoms with van der Waals surface area (Å²) in [4.78, 5) is 28.6. The number of hydrogen-bond donors (Lipinski definition) is 1. The molecule has 4 heterocycles. The second kappa shape index (κ2) is 9.26. The maximum atomic E-state index is 13.5. The fraction of sp³-hybridized carbons (Fsp3) is 0.185. The Hall–Kier alpha value is -4.53. The van der Waals surface area contributed by atoms with Crippen molar-refractivity contribution in [1.82, 2.24) is 24.3 Å². The third kappa shape index (κ3) is 4.19. The lowest BCUT2D eigenvalue weighted by atomic mass is 10.0. The maximum Gasteiger partial charge on any atom is 0.306 e. The van der Waals surface area contributed by atoms with Gasteiger partial charge in [-0.2, -0.15) is 4.98 Å². The first kappa shape index (κ1) is 22.0. The van der Waals surface area contributed by atoms with E-state index in [-0.39, 0.29) is 17.8 Å². The molecule has 1 aliphatic heterocycles. The number of fused-ring (bicyclic) bond motifs is 1. The Kier molecular flexibility index (Phi) is 5.65. The third-order valence-electron chi connectivity index (χ3n) is 6.34. The van der Waals surface area contributed by atoms with Crippen molar-refractivity contribution in [2.45, 2.75) is 18.9 Å². The van der Waals surface area contributed by atoms with Crippen molar-refractivity contribution < 1.29 is 13.6 Å². The predicted molar refractivity (Wildman–Crippen MR) is 133 cm³/mol. The summed E-state index contributed by atoms with van der Waals surface area (Å²) in [5.41, 5.74) is 3.45. The molecule has 3 aromatic heterocycles. The number of carbonyl (C=O) groups excluding carboxylic acids is 1. The van der Waals surface area contributed by atoms with Gasteiger partial charge in [-0.1, -0.05) is 18.2 Å². The van der Waals surface area contributed by atoms with Crippen LogP contribution in [0.3, 0.4) is 0 Å². The molecule has 6 rings (SSSR count). The van der Waals surface area contributed by atoms with Gasteiger partial charge in [0.25, 0.3) is 5.91 Å². The highest BCUT2D eigenvalue weighted by molar-refractivity contribution is 5.94. The first-order valence-electron chi connectivity index (χ1n) is 11.8. The van der Waals surface area contributed by atoms with Crippen LogP contribution in [0.4, 0.5) is 10.3 Å². The van der Waals surface area contributed by atoms with E-state index in [4.69, 9.17) is 9.40 Å². The average molecular weight is 483 g/mol. The van der Waals surface area contributed by atoms with Crippen molar-refractivity contribution in [2.24, 2.45) is 0 Å². The van der Waals surface area contributed by atoms with Gasteiger partial charge >= 0.3 is 5.84 Å². The van der Waals surface area contributed by atoms with Gasteiger partial charge in [-0.25, -0.2) is 14.4 Å². The minimum atomic E-state index is -0.316. The van der Waals surface area contributed by atoms with Gasteiger partial charge in [0.2, 0.25) is 5.95 Å². The summed E-state index contributed by atoms with van der Waals surface area (Å²) < 4.78 is 20.8. The van der Waals surface area contributed by atoms with E-state index in [9.17, 15) is 9.18 Å². The molecule has 0 saturated carbocycles. The van der Waals surface area contributed by atoms with Crippen LogP contribution in [0.5, 0.6) is 0 Å². The lowest BCUT2D eigenvalue weighted by Gasteiger charge is -2.33. The molecule has 2 aromatic carbocycles. The van der Waals surface area contributed by atoms with Crippen LogP contribution in [-0.2, 0) is 0 Å². The van der Waals surface area contributed by atoms with Gasteiger partial charge in [-0.3, -0.25) is 9.20 Å². The highest BCUT2D eigenvalue weighted by atomic mass is 19.1. The molecule has 1 fully saturated rings. The second-order valence-electron chi connectivity index (χ2n) is 8.74. The van der Waals surface area contributed by atoms with Crippen molar-refractivity contribution in [3.05, 3.63) is 90.7 Å². The standard InChI is InChI=1S/C27H23FN6O2/c28-20-10-8-18(9-11-20)23-24(34-15-16-36-27(34)32-23)22-12-13-29-26(31-22)30-21-7-4-14-33(17-21)25(35)19-5-2-1-3-6-19/h1-3,5-6,8-13,15-16,21H,4,7,14,17H2,(H,29,30,31). The van der Waals surface area contributed by atoms with E-state index in [0.717, 1.165) is 30.6 Å². The monoisotopic (exact) mass is 482 g/mol. The molecule has 1 saturated heterocycles. The Morgan fingerprint density at radius 1 is 1.06 bits per heavy atom. The van der Waals surface area contributed by atoms with Crippen molar-refractivity contribution in [2.75, 3.05) is 18.4 Å². The number of nitrogens with one attached hydrogen (secondary N) is 1. The number of rotatable bonds is 5. The molecular weight excluding hydrogens is 459 g/mol. The van der Waals surface area contributed by atoms with Crippen LogP contribution >= 0.6 is 0 Å². The molecule has 36 heavy (non-hydrogen) atoms. The summed E-state index contributed by atoms with van der Waals surface area (Å²) in [5.74, 6) is 0.598. The van der Waals surface area contributed by atoms with Gasteiger partial charge in [0.05, 0.1) is 5.69 Å². The van der Waals surface area contributed by atoms with Crippen LogP contribution in [0, 0.1) is 5.82 Å². The molecule has 0 radical (unpaired) electrons. The molecule has 0 bridgehead atoms. The fourth-order valence-electron chi connectivity index (χ4n) is 4.62. The van der Waals surface area contributed by atoms with E-state index in [1.54, 1.807) is 36.9 Å². The molecule has 0 spiro atoms. The number of benzene rings is 2. The second-order valence-corrected chi connectivity index (χ2v) is 8.74. The maximum absolute atomic E-state index is 13.5. The number of anilines is 1. The molecule has 8 nitrogen and oxygen atoms in total. The zero-order valence-electron chi connectivity index (χ0n) is 19.3. The van der Waals surface area contributed by atoms with Crippen molar-refractivity contribution >= 4 is 17.7 Å². The van der Waals surface area contributed by atoms with Crippen molar-refractivity contribution in [1.29, 1.82) is 0 Å². The third-order valence-corrected chi connectivity index (χ3v) is 6.34. The van der Waals surface area contributed by atoms with E-state index in [1.165, 1.54) is 12.1 Å². The Morgan fingerprint density at radius 3 is 2.72 bits per heavy atom. The molecule has 1 N–H and O–H groups in total. The number of likely N-dealkylation sites (tertiary alicyclic amines) is 1. The Balaban J connectivity index is 1.27. The van der Waals surface area contributed by atoms with Crippen LogP contribution in [0.15, 0.2) is 83.7 Å². The highest BCUT2D eigenvalue weighted by Crippen LogP contribution is 2.32. The number of aromatic nitrogens is 4. The largest absolute Gasteiger partial charge is 0.432 e. The number of hydrogen-bond acceptors (Lipinski definition) is 6. The first-order chi connectivity index (χ1) is 17.7. The molecule has 1 aliphatic rings. The predicted octanol–water partition coefficient (Wildman–Crippen LogP) is 4.91. The van der Waals surface area contributed by atoms with Crippen LogP contribution < -0.4 is 5.32 Å². The Bertz CT molecular complexity index is 1510. The lowest BCUT2D eigenvalue weighted by molar-refractivity contribution is 0.0714. The minimum absolute atomic E-state index is 0.0256. The zero-order valence-corrected chi connectivity index (χ0v) is 19.3. The van der Waals surface area contributed by atoms with Crippen LogP contribution in [0.25, 0.3) is 28.5 Å². The van der Waals surface area contributed by atoms with Crippen molar-refractivity contribution in [3.63, 3.8) is 0 Å². The summed E-state index contributed by atoms with van der Waals surface area (Å²) in [6.07, 6.45) is 6.82. The normalized spacial score (nSPS) is 15.8. The Morgan fingerprint density at radius 2 is 1.89 bits per heavy atom. The average Bonchev–Trinajstić information content (AvgIpc) is 3.51. The number of carbonyl (C=O) groups is 1. The van der Waals surface area contributed by atoms with E-state index in [1.807, 2.05) is 39.6 Å². The van der Waals surface area contributed by atoms with Gasteiger partial charge in [0.15, 0.2) is 0 Å². The highest BCUT2D eigenvalue weighted by Gasteiger charge is 2.25. The summed E-state index contributed by atoms with van der Waals surface area (Å²) in [6, 6.07) is 17.3. The van der Waals surface area contributed by atoms with E-state index >= 15 is 0 Å². The summed E-state index contributed by atoms with van der Waals surface area (Å²) in [6.45, 7) is 1.29. The number of amides is 1. The quantitative estimate of drug-likeness (QED) is 0.383. The summed E-state index contributed by atoms with van der Waals surface area (Å²) >= 11 is 0. The van der Waals surface area contributed by atoms with E-state index < -0.39 is 0 Å². The van der Waals surface area contributed by atoms with Crippen LogP contribution in [0.1, 0.15) is 23.2 Å². The molecular formula is C27H23FN6O2. The topological polar surface area (TPSA) is 88.6 Å². The van der Waals surface area contributed by atoms with Gasteiger partial charge in [-0.15, -0.1) is 0 Å². The van der Waals surface area contributed by atoms with Crippen LogP contribution in [-0.4, -0.2) is 49.3 Å². The number of piperidine rings is 1. The summed E-state index contributed by atoms with van der Waals surface area (Å²) in [7, 11) is 0. The molecule has 1 amide bonds. The number of nitrogens with zero attached hydrogens (tertiary/aromatic N) is 5. The van der Waals surface area contributed by atoms with Gasteiger partial charge < -0.3 is 14.6 Å². The lowest BCUT2D eigenvalue weighted by Crippen LogP contribution is -2.45.